The molecular weight excluding hydrogens is 502 g/mol. The number of rotatable bonds is 4. The van der Waals surface area contributed by atoms with Crippen molar-refractivity contribution in [1.29, 1.82) is 0 Å². The van der Waals surface area contributed by atoms with Crippen LogP contribution in [0.1, 0.15) is 27.2 Å². The summed E-state index contributed by atoms with van der Waals surface area (Å²) in [4.78, 5) is 22.8. The number of fused-ring (bicyclic) bond motifs is 2. The van der Waals surface area contributed by atoms with Crippen LogP contribution in [0.3, 0.4) is 0 Å². The van der Waals surface area contributed by atoms with Crippen LogP contribution in [-0.2, 0) is 18.3 Å². The molecule has 9 nitrogen and oxygen atoms in total. The molecule has 1 atom stereocenters. The van der Waals surface area contributed by atoms with Gasteiger partial charge in [-0.2, -0.15) is 10.2 Å². The van der Waals surface area contributed by atoms with E-state index in [1.807, 2.05) is 79.9 Å². The van der Waals surface area contributed by atoms with Crippen LogP contribution in [0.5, 0.6) is 0 Å². The van der Waals surface area contributed by atoms with Gasteiger partial charge in [0, 0.05) is 61.0 Å². The zero-order chi connectivity index (χ0) is 28.0. The second kappa shape index (κ2) is 9.79. The van der Waals surface area contributed by atoms with E-state index in [2.05, 4.69) is 28.3 Å². The molecule has 3 aromatic heterocycles. The third-order valence-electron chi connectivity index (χ3n) is 7.17. The summed E-state index contributed by atoms with van der Waals surface area (Å²) in [5, 5.41) is 11.4. The molecule has 0 unspecified atom stereocenters. The minimum atomic E-state index is -0.509. The molecule has 4 heterocycles. The molecule has 40 heavy (non-hydrogen) atoms. The number of hydrogen-bond donors (Lipinski definition) is 0. The van der Waals surface area contributed by atoms with Crippen LogP contribution in [0, 0.1) is 12.5 Å². The van der Waals surface area contributed by atoms with Gasteiger partial charge in [0.2, 0.25) is 0 Å². The van der Waals surface area contributed by atoms with Crippen molar-refractivity contribution in [2.75, 3.05) is 13.1 Å². The molecule has 6 rings (SSSR count). The minimum absolute atomic E-state index is 0.259. The topological polar surface area (TPSA) is 82.4 Å². The first kappa shape index (κ1) is 25.6. The lowest BCUT2D eigenvalue weighted by atomic mass is 9.96. The van der Waals surface area contributed by atoms with Crippen molar-refractivity contribution in [3.63, 3.8) is 0 Å². The molecule has 0 radical (unpaired) electrons. The molecule has 0 spiro atoms. The molecule has 1 fully saturated rings. The van der Waals surface area contributed by atoms with Crippen LogP contribution in [0.2, 0.25) is 0 Å². The number of carbonyl (C=O) groups is 1. The SMILES string of the molecule is [C-]#[N+]c1ccc(-c2c(-c3ccc4nn(C)cc4c3)ncc3nn(C[C@@H]4CCN(C(=O)OC(C)(C)C)C4)cc23)cc1. The molecule has 1 amide bonds. The maximum atomic E-state index is 12.6. The average molecular weight is 534 g/mol. The van der Waals surface area contributed by atoms with E-state index in [-0.39, 0.29) is 12.0 Å². The van der Waals surface area contributed by atoms with E-state index in [4.69, 9.17) is 21.4 Å². The summed E-state index contributed by atoms with van der Waals surface area (Å²) >= 11 is 0. The first-order valence-electron chi connectivity index (χ1n) is 13.4. The lowest BCUT2D eigenvalue weighted by molar-refractivity contribution is 0.0286. The normalized spacial score (nSPS) is 15.6. The van der Waals surface area contributed by atoms with Crippen LogP contribution in [0.25, 0.3) is 49.0 Å². The number of aryl methyl sites for hydroxylation is 1. The average Bonchev–Trinajstić information content (AvgIpc) is 3.64. The van der Waals surface area contributed by atoms with Gasteiger partial charge in [0.05, 0.1) is 24.0 Å². The number of hydrogen-bond acceptors (Lipinski definition) is 5. The molecule has 202 valence electrons. The fourth-order valence-electron chi connectivity index (χ4n) is 5.38. The van der Waals surface area contributed by atoms with Gasteiger partial charge in [-0.15, -0.1) is 0 Å². The van der Waals surface area contributed by atoms with Crippen molar-refractivity contribution >= 4 is 33.6 Å². The van der Waals surface area contributed by atoms with Gasteiger partial charge in [0.25, 0.3) is 0 Å². The summed E-state index contributed by atoms with van der Waals surface area (Å²) in [5.74, 6) is 0.281. The number of carbonyl (C=O) groups excluding carboxylic acids is 1. The molecule has 2 aromatic carbocycles. The molecule has 1 aliphatic rings. The number of likely N-dealkylation sites (tertiary alicyclic amines) is 1. The van der Waals surface area contributed by atoms with Crippen molar-refractivity contribution < 1.29 is 9.53 Å². The summed E-state index contributed by atoms with van der Waals surface area (Å²) in [6.45, 7) is 15.0. The third-order valence-corrected chi connectivity index (χ3v) is 7.17. The molecule has 9 heteroatoms. The molecule has 1 aliphatic heterocycles. The minimum Gasteiger partial charge on any atom is -0.444 e. The first-order chi connectivity index (χ1) is 19.2. The van der Waals surface area contributed by atoms with Gasteiger partial charge in [-0.3, -0.25) is 14.3 Å². The summed E-state index contributed by atoms with van der Waals surface area (Å²) < 4.78 is 9.35. The van der Waals surface area contributed by atoms with Crippen LogP contribution in [-0.4, -0.2) is 54.2 Å². The first-order valence-corrected chi connectivity index (χ1v) is 13.4. The second-order valence-electron chi connectivity index (χ2n) is 11.4. The van der Waals surface area contributed by atoms with Crippen molar-refractivity contribution in [3.05, 3.63) is 72.5 Å². The van der Waals surface area contributed by atoms with Gasteiger partial charge in [0.1, 0.15) is 11.1 Å². The number of ether oxygens (including phenoxy) is 1. The molecule has 0 saturated carbocycles. The Morgan fingerprint density at radius 3 is 2.60 bits per heavy atom. The second-order valence-corrected chi connectivity index (χ2v) is 11.4. The third kappa shape index (κ3) is 5.00. The summed E-state index contributed by atoms with van der Waals surface area (Å²) in [6.07, 6.45) is 6.55. The Labute approximate surface area is 232 Å². The standard InChI is InChI=1S/C31H31N7O2/c1-31(2,3)40-30(39)37-13-12-20(16-37)17-38-19-25-27(35-38)15-33-29(28(25)21-6-9-24(32-4)10-7-21)22-8-11-26-23(14-22)18-36(5)34-26/h6-11,14-15,18-20H,12-13,16-17H2,1-3,5H3/t20-/m1/s1. The summed E-state index contributed by atoms with van der Waals surface area (Å²) in [7, 11) is 1.92. The highest BCUT2D eigenvalue weighted by molar-refractivity contribution is 6.01. The maximum Gasteiger partial charge on any atom is 0.410 e. The predicted molar refractivity (Wildman–Crippen MR) is 155 cm³/mol. The fraction of sp³-hybridized carbons (Fsp3) is 0.323. The van der Waals surface area contributed by atoms with Gasteiger partial charge in [0.15, 0.2) is 5.69 Å². The Morgan fingerprint density at radius 1 is 1.07 bits per heavy atom. The molecular formula is C31H31N7O2. The number of pyridine rings is 1. The molecule has 0 N–H and O–H groups in total. The zero-order valence-electron chi connectivity index (χ0n) is 23.1. The van der Waals surface area contributed by atoms with E-state index in [1.54, 1.807) is 4.90 Å². The van der Waals surface area contributed by atoms with Gasteiger partial charge in [-0.1, -0.05) is 30.3 Å². The highest BCUT2D eigenvalue weighted by Gasteiger charge is 2.30. The van der Waals surface area contributed by atoms with E-state index >= 15 is 0 Å². The largest absolute Gasteiger partial charge is 0.444 e. The Bertz CT molecular complexity index is 1770. The van der Waals surface area contributed by atoms with Crippen molar-refractivity contribution in [3.8, 4) is 22.4 Å². The smallest absolute Gasteiger partial charge is 0.410 e. The van der Waals surface area contributed by atoms with Crippen molar-refractivity contribution in [2.24, 2.45) is 13.0 Å². The zero-order valence-corrected chi connectivity index (χ0v) is 23.1. The van der Waals surface area contributed by atoms with Gasteiger partial charge in [-0.05, 0) is 50.8 Å². The fourth-order valence-corrected chi connectivity index (χ4v) is 5.38. The summed E-state index contributed by atoms with van der Waals surface area (Å²) in [5.41, 5.74) is 5.61. The van der Waals surface area contributed by atoms with E-state index in [9.17, 15) is 4.79 Å². The van der Waals surface area contributed by atoms with Crippen LogP contribution in [0.4, 0.5) is 10.5 Å². The summed E-state index contributed by atoms with van der Waals surface area (Å²) in [6, 6.07) is 13.8. The van der Waals surface area contributed by atoms with Crippen molar-refractivity contribution in [2.45, 2.75) is 39.3 Å². The van der Waals surface area contributed by atoms with Crippen LogP contribution >= 0.6 is 0 Å². The Morgan fingerprint density at radius 2 is 1.85 bits per heavy atom. The highest BCUT2D eigenvalue weighted by atomic mass is 16.6. The number of benzene rings is 2. The quantitative estimate of drug-likeness (QED) is 0.248. The molecule has 0 aliphatic carbocycles. The van der Waals surface area contributed by atoms with Crippen LogP contribution in [0.15, 0.2) is 61.1 Å². The highest BCUT2D eigenvalue weighted by Crippen LogP contribution is 2.38. The monoisotopic (exact) mass is 533 g/mol. The van der Waals surface area contributed by atoms with Gasteiger partial charge < -0.3 is 9.64 Å². The number of aromatic nitrogens is 5. The predicted octanol–water partition coefficient (Wildman–Crippen LogP) is 6.46. The maximum absolute atomic E-state index is 12.6. The van der Waals surface area contributed by atoms with E-state index in [0.29, 0.717) is 25.3 Å². The van der Waals surface area contributed by atoms with Gasteiger partial charge >= 0.3 is 6.09 Å². The van der Waals surface area contributed by atoms with E-state index < -0.39 is 5.60 Å². The Balaban J connectivity index is 1.36. The van der Waals surface area contributed by atoms with Crippen molar-refractivity contribution in [1.82, 2.24) is 29.4 Å². The lowest BCUT2D eigenvalue weighted by Gasteiger charge is -2.24. The number of amides is 1. The lowest BCUT2D eigenvalue weighted by Crippen LogP contribution is -2.35. The van der Waals surface area contributed by atoms with E-state index in [0.717, 1.165) is 50.6 Å². The molecule has 0 bridgehead atoms. The molecule has 5 aromatic rings. The molecule has 1 saturated heterocycles. The van der Waals surface area contributed by atoms with Crippen LogP contribution < -0.4 is 0 Å². The number of nitrogens with zero attached hydrogens (tertiary/aromatic N) is 7. The Kier molecular flexibility index (Phi) is 6.26. The van der Waals surface area contributed by atoms with E-state index in [1.165, 1.54) is 0 Å². The Hall–Kier alpha value is -4.71. The van der Waals surface area contributed by atoms with Gasteiger partial charge in [-0.25, -0.2) is 9.64 Å².